The van der Waals surface area contributed by atoms with Gasteiger partial charge < -0.3 is 10.6 Å². The molecule has 1 amide bonds. The molecule has 21 heavy (non-hydrogen) atoms. The van der Waals surface area contributed by atoms with Gasteiger partial charge in [0.1, 0.15) is 0 Å². The highest BCUT2D eigenvalue weighted by Crippen LogP contribution is 2.32. The van der Waals surface area contributed by atoms with E-state index in [2.05, 4.69) is 42.7 Å². The summed E-state index contributed by atoms with van der Waals surface area (Å²) in [7, 11) is 0. The number of benzene rings is 1. The Hall–Kier alpha value is -1.35. The smallest absolute Gasteiger partial charge is 0.220 e. The van der Waals surface area contributed by atoms with Crippen LogP contribution in [0.25, 0.3) is 0 Å². The summed E-state index contributed by atoms with van der Waals surface area (Å²) in [5, 5.41) is 6.73. The quantitative estimate of drug-likeness (QED) is 0.893. The summed E-state index contributed by atoms with van der Waals surface area (Å²) in [5.74, 6) is 0.782. The van der Waals surface area contributed by atoms with Crippen molar-refractivity contribution in [3.8, 4) is 0 Å². The van der Waals surface area contributed by atoms with Gasteiger partial charge >= 0.3 is 0 Å². The molecule has 3 rings (SSSR count). The number of hydrogen-bond acceptors (Lipinski definition) is 2. The first-order chi connectivity index (χ1) is 10.1. The fourth-order valence-electron chi connectivity index (χ4n) is 3.91. The highest BCUT2D eigenvalue weighted by atomic mass is 16.1. The van der Waals surface area contributed by atoms with Gasteiger partial charge in [0.05, 0.1) is 0 Å². The van der Waals surface area contributed by atoms with Gasteiger partial charge in [-0.3, -0.25) is 4.79 Å². The molecule has 2 atom stereocenters. The van der Waals surface area contributed by atoms with Gasteiger partial charge in [-0.2, -0.15) is 0 Å². The topological polar surface area (TPSA) is 41.1 Å². The zero-order valence-electron chi connectivity index (χ0n) is 13.1. The largest absolute Gasteiger partial charge is 0.352 e. The van der Waals surface area contributed by atoms with E-state index in [4.69, 9.17) is 0 Å². The van der Waals surface area contributed by atoms with E-state index in [0.29, 0.717) is 31.0 Å². The molecule has 2 saturated heterocycles. The molecule has 2 N–H and O–H groups in total. The van der Waals surface area contributed by atoms with Crippen LogP contribution in [0.1, 0.15) is 48.8 Å². The Morgan fingerprint density at radius 2 is 1.95 bits per heavy atom. The average molecular weight is 286 g/mol. The van der Waals surface area contributed by atoms with Gasteiger partial charge in [-0.15, -0.1) is 0 Å². The molecule has 1 aromatic rings. The standard InChI is InChI=1S/C18H26N2O/c1-12-3-4-15(13(2)7-12)11-19-18(21)10-14-8-16-5-6-17(9-14)20-16/h3-4,7,14,16-17,20H,5-6,8-11H2,1-2H3,(H,19,21). The Bertz CT molecular complexity index is 514. The Balaban J connectivity index is 1.48. The van der Waals surface area contributed by atoms with Crippen LogP contribution in [0.4, 0.5) is 0 Å². The first kappa shape index (κ1) is 14.6. The molecule has 3 nitrogen and oxygen atoms in total. The summed E-state index contributed by atoms with van der Waals surface area (Å²) in [6, 6.07) is 7.74. The van der Waals surface area contributed by atoms with Crippen LogP contribution in [0.15, 0.2) is 18.2 Å². The Labute approximate surface area is 127 Å². The molecule has 2 unspecified atom stereocenters. The van der Waals surface area contributed by atoms with E-state index in [-0.39, 0.29) is 5.91 Å². The van der Waals surface area contributed by atoms with Crippen LogP contribution in [-0.4, -0.2) is 18.0 Å². The predicted octanol–water partition coefficient (Wildman–Crippen LogP) is 2.84. The van der Waals surface area contributed by atoms with Crippen molar-refractivity contribution in [3.63, 3.8) is 0 Å². The lowest BCUT2D eigenvalue weighted by Gasteiger charge is -2.28. The monoisotopic (exact) mass is 286 g/mol. The zero-order valence-corrected chi connectivity index (χ0v) is 13.1. The second kappa shape index (κ2) is 6.18. The molecule has 0 aliphatic carbocycles. The minimum absolute atomic E-state index is 0.210. The minimum Gasteiger partial charge on any atom is -0.352 e. The van der Waals surface area contributed by atoms with Gasteiger partial charge in [-0.1, -0.05) is 23.8 Å². The molecule has 2 aliphatic heterocycles. The minimum atomic E-state index is 0.210. The molecule has 2 bridgehead atoms. The van der Waals surface area contributed by atoms with Gasteiger partial charge in [-0.25, -0.2) is 0 Å². The van der Waals surface area contributed by atoms with Crippen LogP contribution in [-0.2, 0) is 11.3 Å². The maximum absolute atomic E-state index is 12.2. The molecule has 2 heterocycles. The van der Waals surface area contributed by atoms with E-state index in [9.17, 15) is 4.79 Å². The van der Waals surface area contributed by atoms with Crippen molar-refractivity contribution < 1.29 is 4.79 Å². The second-order valence-corrected chi connectivity index (χ2v) is 6.89. The van der Waals surface area contributed by atoms with Crippen LogP contribution in [0.5, 0.6) is 0 Å². The third-order valence-corrected chi connectivity index (χ3v) is 5.02. The molecule has 3 heteroatoms. The molecular weight excluding hydrogens is 260 g/mol. The third-order valence-electron chi connectivity index (χ3n) is 5.02. The van der Waals surface area contributed by atoms with Gasteiger partial charge in [0.15, 0.2) is 0 Å². The molecule has 0 spiro atoms. The molecule has 0 saturated carbocycles. The average Bonchev–Trinajstić information content (AvgIpc) is 2.77. The normalized spacial score (nSPS) is 27.6. The Morgan fingerprint density at radius 3 is 2.62 bits per heavy atom. The lowest BCUT2D eigenvalue weighted by molar-refractivity contribution is -0.122. The SMILES string of the molecule is Cc1ccc(CNC(=O)CC2CC3CCC(C2)N3)c(C)c1. The van der Waals surface area contributed by atoms with E-state index >= 15 is 0 Å². The van der Waals surface area contributed by atoms with Crippen LogP contribution in [0, 0.1) is 19.8 Å². The fraction of sp³-hybridized carbons (Fsp3) is 0.611. The number of carbonyl (C=O) groups excluding carboxylic acids is 1. The number of aryl methyl sites for hydroxylation is 2. The van der Waals surface area contributed by atoms with Crippen LogP contribution >= 0.6 is 0 Å². The molecular formula is C18H26N2O. The van der Waals surface area contributed by atoms with Crippen molar-refractivity contribution in [2.24, 2.45) is 5.92 Å². The van der Waals surface area contributed by atoms with Crippen molar-refractivity contribution in [2.45, 2.75) is 64.6 Å². The van der Waals surface area contributed by atoms with E-state index < -0.39 is 0 Å². The Morgan fingerprint density at radius 1 is 1.24 bits per heavy atom. The van der Waals surface area contributed by atoms with E-state index in [1.165, 1.54) is 42.4 Å². The maximum atomic E-state index is 12.2. The number of fused-ring (bicyclic) bond motifs is 2. The molecule has 0 radical (unpaired) electrons. The number of amides is 1. The molecule has 2 fully saturated rings. The molecule has 1 aromatic carbocycles. The first-order valence-electron chi connectivity index (χ1n) is 8.19. The Kier molecular flexibility index (Phi) is 4.29. The third kappa shape index (κ3) is 3.65. The van der Waals surface area contributed by atoms with E-state index in [0.717, 1.165) is 0 Å². The van der Waals surface area contributed by atoms with Crippen molar-refractivity contribution in [1.82, 2.24) is 10.6 Å². The summed E-state index contributed by atoms with van der Waals surface area (Å²) in [6.07, 6.45) is 5.64. The van der Waals surface area contributed by atoms with Gasteiger partial charge in [-0.05, 0) is 56.6 Å². The van der Waals surface area contributed by atoms with Crippen LogP contribution in [0.3, 0.4) is 0 Å². The van der Waals surface area contributed by atoms with Gasteiger partial charge in [0, 0.05) is 25.0 Å². The van der Waals surface area contributed by atoms with Crippen molar-refractivity contribution in [3.05, 3.63) is 34.9 Å². The lowest BCUT2D eigenvalue weighted by atomic mass is 9.89. The van der Waals surface area contributed by atoms with E-state index in [1.807, 2.05) is 0 Å². The molecule has 2 aliphatic rings. The summed E-state index contributed by atoms with van der Waals surface area (Å²) in [4.78, 5) is 12.2. The highest BCUT2D eigenvalue weighted by molar-refractivity contribution is 5.76. The lowest BCUT2D eigenvalue weighted by Crippen LogP contribution is -2.39. The first-order valence-corrected chi connectivity index (χ1v) is 8.19. The zero-order chi connectivity index (χ0) is 14.8. The molecule has 0 aromatic heterocycles. The van der Waals surface area contributed by atoms with E-state index in [1.54, 1.807) is 0 Å². The summed E-state index contributed by atoms with van der Waals surface area (Å²) in [5.41, 5.74) is 3.75. The second-order valence-electron chi connectivity index (χ2n) is 6.89. The number of piperidine rings is 1. The van der Waals surface area contributed by atoms with Gasteiger partial charge in [0.2, 0.25) is 5.91 Å². The number of rotatable bonds is 4. The summed E-state index contributed by atoms with van der Waals surface area (Å²) < 4.78 is 0. The van der Waals surface area contributed by atoms with Gasteiger partial charge in [0.25, 0.3) is 0 Å². The number of nitrogens with one attached hydrogen (secondary N) is 2. The maximum Gasteiger partial charge on any atom is 0.220 e. The van der Waals surface area contributed by atoms with Crippen LogP contribution in [0.2, 0.25) is 0 Å². The number of hydrogen-bond donors (Lipinski definition) is 2. The van der Waals surface area contributed by atoms with Crippen molar-refractivity contribution in [1.29, 1.82) is 0 Å². The van der Waals surface area contributed by atoms with Crippen LogP contribution < -0.4 is 10.6 Å². The fourth-order valence-corrected chi connectivity index (χ4v) is 3.91. The summed E-state index contributed by atoms with van der Waals surface area (Å²) >= 11 is 0. The molecule has 114 valence electrons. The van der Waals surface area contributed by atoms with Crippen molar-refractivity contribution in [2.75, 3.05) is 0 Å². The summed E-state index contributed by atoms with van der Waals surface area (Å²) in [6.45, 7) is 4.86. The highest BCUT2D eigenvalue weighted by Gasteiger charge is 2.34. The van der Waals surface area contributed by atoms with Crippen molar-refractivity contribution >= 4 is 5.91 Å². The number of carbonyl (C=O) groups is 1. The predicted molar refractivity (Wildman–Crippen MR) is 85.0 cm³/mol.